The highest BCUT2D eigenvalue weighted by Crippen LogP contribution is 2.41. The zero-order valence-electron chi connectivity index (χ0n) is 17.9. The molecule has 0 aromatic heterocycles. The summed E-state index contributed by atoms with van der Waals surface area (Å²) < 4.78 is 13.8. The maximum absolute atomic E-state index is 13.8. The van der Waals surface area contributed by atoms with E-state index >= 15 is 0 Å². The summed E-state index contributed by atoms with van der Waals surface area (Å²) in [5.74, 6) is -0.335. The van der Waals surface area contributed by atoms with Crippen LogP contribution < -0.4 is 10.2 Å². The lowest BCUT2D eigenvalue weighted by molar-refractivity contribution is -0.131. The number of nitrogens with zero attached hydrogens (tertiary/aromatic N) is 2. The van der Waals surface area contributed by atoms with Gasteiger partial charge in [-0.05, 0) is 42.7 Å². The number of carbonyl (C=O) groups is 2. The third kappa shape index (κ3) is 4.73. The zero-order chi connectivity index (χ0) is 21.7. The van der Waals surface area contributed by atoms with E-state index in [4.69, 9.17) is 0 Å². The number of nitrogens with one attached hydrogen (secondary N) is 1. The van der Waals surface area contributed by atoms with Gasteiger partial charge in [-0.15, -0.1) is 0 Å². The molecule has 1 heterocycles. The van der Waals surface area contributed by atoms with Crippen molar-refractivity contribution in [3.8, 4) is 0 Å². The van der Waals surface area contributed by atoms with E-state index in [1.807, 2.05) is 29.2 Å². The molecule has 2 amide bonds. The maximum Gasteiger partial charge on any atom is 0.230 e. The maximum atomic E-state index is 13.8. The zero-order valence-corrected chi connectivity index (χ0v) is 17.9. The Bertz CT molecular complexity index is 904. The molecule has 4 rings (SSSR count). The van der Waals surface area contributed by atoms with E-state index in [-0.39, 0.29) is 24.1 Å². The summed E-state index contributed by atoms with van der Waals surface area (Å²) in [6, 6.07) is 16.6. The third-order valence-electron chi connectivity index (χ3n) is 6.65. The van der Waals surface area contributed by atoms with Crippen molar-refractivity contribution in [3.05, 3.63) is 66.0 Å². The van der Waals surface area contributed by atoms with Crippen LogP contribution in [0.3, 0.4) is 0 Å². The molecule has 2 aliphatic rings. The average Bonchev–Trinajstić information content (AvgIpc) is 3.31. The molecule has 164 valence electrons. The number of para-hydroxylation sites is 1. The molecular formula is C25H30FN3O2. The van der Waals surface area contributed by atoms with Crippen LogP contribution in [-0.2, 0) is 15.0 Å². The highest BCUT2D eigenvalue weighted by Gasteiger charge is 2.42. The average molecular weight is 424 g/mol. The van der Waals surface area contributed by atoms with Gasteiger partial charge < -0.3 is 15.1 Å². The largest absolute Gasteiger partial charge is 0.368 e. The number of halogens is 1. The standard InChI is InChI=1S/C25H30FN3O2/c26-21-8-6-7-20(19-21)25(12-4-5-13-25)24(31)27-14-11-23(30)29-17-15-28(16-18-29)22-9-2-1-3-10-22/h1-3,6-10,19H,4-5,11-18H2,(H,27,31). The molecule has 0 spiro atoms. The van der Waals surface area contributed by atoms with Gasteiger partial charge in [0.15, 0.2) is 0 Å². The SMILES string of the molecule is O=C(CCNC(=O)C1(c2cccc(F)c2)CCCC1)N1CCN(c2ccccc2)CC1. The Labute approximate surface area is 183 Å². The molecule has 1 aliphatic heterocycles. The molecule has 1 saturated heterocycles. The molecule has 0 unspecified atom stereocenters. The number of anilines is 1. The van der Waals surface area contributed by atoms with Crippen molar-refractivity contribution in [2.24, 2.45) is 0 Å². The third-order valence-corrected chi connectivity index (χ3v) is 6.65. The predicted octanol–water partition coefficient (Wildman–Crippen LogP) is 3.49. The summed E-state index contributed by atoms with van der Waals surface area (Å²) in [5.41, 5.74) is 1.25. The van der Waals surface area contributed by atoms with Crippen molar-refractivity contribution in [2.75, 3.05) is 37.6 Å². The first-order chi connectivity index (χ1) is 15.1. The van der Waals surface area contributed by atoms with E-state index < -0.39 is 5.41 Å². The first-order valence-electron chi connectivity index (χ1n) is 11.2. The van der Waals surface area contributed by atoms with Gasteiger partial charge in [-0.25, -0.2) is 4.39 Å². The van der Waals surface area contributed by atoms with Crippen LogP contribution in [0.2, 0.25) is 0 Å². The van der Waals surface area contributed by atoms with Crippen molar-refractivity contribution in [1.82, 2.24) is 10.2 Å². The summed E-state index contributed by atoms with van der Waals surface area (Å²) in [6.45, 7) is 3.31. The number of amides is 2. The molecule has 2 aromatic rings. The second-order valence-electron chi connectivity index (χ2n) is 8.51. The molecule has 2 fully saturated rings. The van der Waals surface area contributed by atoms with Gasteiger partial charge in [0.1, 0.15) is 5.82 Å². The summed E-state index contributed by atoms with van der Waals surface area (Å²) >= 11 is 0. The lowest BCUT2D eigenvalue weighted by atomic mass is 9.78. The van der Waals surface area contributed by atoms with Gasteiger partial charge in [0.05, 0.1) is 5.41 Å². The van der Waals surface area contributed by atoms with Crippen LogP contribution in [0.4, 0.5) is 10.1 Å². The van der Waals surface area contributed by atoms with Crippen molar-refractivity contribution in [1.29, 1.82) is 0 Å². The topological polar surface area (TPSA) is 52.7 Å². The van der Waals surface area contributed by atoms with Gasteiger partial charge in [-0.3, -0.25) is 9.59 Å². The molecule has 1 N–H and O–H groups in total. The minimum absolute atomic E-state index is 0.0687. The number of hydrogen-bond acceptors (Lipinski definition) is 3. The Hall–Kier alpha value is -2.89. The van der Waals surface area contributed by atoms with Crippen LogP contribution in [0.15, 0.2) is 54.6 Å². The molecular weight excluding hydrogens is 393 g/mol. The Morgan fingerprint density at radius 2 is 1.65 bits per heavy atom. The monoisotopic (exact) mass is 423 g/mol. The van der Waals surface area contributed by atoms with Crippen molar-refractivity contribution >= 4 is 17.5 Å². The van der Waals surface area contributed by atoms with Crippen LogP contribution in [0, 0.1) is 5.82 Å². The number of rotatable bonds is 6. The van der Waals surface area contributed by atoms with E-state index in [0.717, 1.165) is 44.3 Å². The van der Waals surface area contributed by atoms with E-state index in [9.17, 15) is 14.0 Å². The molecule has 0 radical (unpaired) electrons. The molecule has 6 heteroatoms. The molecule has 31 heavy (non-hydrogen) atoms. The predicted molar refractivity (Wildman–Crippen MR) is 119 cm³/mol. The second kappa shape index (κ2) is 9.50. The Morgan fingerprint density at radius 3 is 2.32 bits per heavy atom. The quantitative estimate of drug-likeness (QED) is 0.774. The van der Waals surface area contributed by atoms with E-state index in [1.54, 1.807) is 6.07 Å². The van der Waals surface area contributed by atoms with Crippen molar-refractivity contribution in [3.63, 3.8) is 0 Å². The normalized spacial score (nSPS) is 18.1. The summed E-state index contributed by atoms with van der Waals surface area (Å²) in [6.07, 6.45) is 3.63. The van der Waals surface area contributed by atoms with Gasteiger partial charge in [-0.1, -0.05) is 43.2 Å². The fraction of sp³-hybridized carbons (Fsp3) is 0.440. The highest BCUT2D eigenvalue weighted by atomic mass is 19.1. The van der Waals surface area contributed by atoms with Crippen molar-refractivity contribution < 1.29 is 14.0 Å². The molecule has 5 nitrogen and oxygen atoms in total. The van der Waals surface area contributed by atoms with Gasteiger partial charge in [0, 0.05) is 44.8 Å². The Balaban J connectivity index is 1.28. The highest BCUT2D eigenvalue weighted by molar-refractivity contribution is 5.89. The van der Waals surface area contributed by atoms with E-state index in [0.29, 0.717) is 19.6 Å². The number of carbonyl (C=O) groups excluding carboxylic acids is 2. The van der Waals surface area contributed by atoms with Crippen LogP contribution in [-0.4, -0.2) is 49.4 Å². The summed E-state index contributed by atoms with van der Waals surface area (Å²) in [7, 11) is 0. The van der Waals surface area contributed by atoms with Crippen LogP contribution in [0.25, 0.3) is 0 Å². The number of benzene rings is 2. The smallest absolute Gasteiger partial charge is 0.230 e. The minimum Gasteiger partial charge on any atom is -0.368 e. The fourth-order valence-electron chi connectivity index (χ4n) is 4.87. The molecule has 1 aliphatic carbocycles. The van der Waals surface area contributed by atoms with Gasteiger partial charge in [-0.2, -0.15) is 0 Å². The Morgan fingerprint density at radius 1 is 0.935 bits per heavy atom. The lowest BCUT2D eigenvalue weighted by Crippen LogP contribution is -2.49. The first-order valence-corrected chi connectivity index (χ1v) is 11.2. The Kier molecular flexibility index (Phi) is 6.54. The van der Waals surface area contributed by atoms with Gasteiger partial charge >= 0.3 is 0 Å². The van der Waals surface area contributed by atoms with Crippen LogP contribution in [0.5, 0.6) is 0 Å². The van der Waals surface area contributed by atoms with E-state index in [1.165, 1.54) is 17.8 Å². The van der Waals surface area contributed by atoms with Crippen LogP contribution in [0.1, 0.15) is 37.7 Å². The first kappa shape index (κ1) is 21.3. The molecule has 2 aromatic carbocycles. The van der Waals surface area contributed by atoms with Gasteiger partial charge in [0.25, 0.3) is 0 Å². The minimum atomic E-state index is -0.674. The fourth-order valence-corrected chi connectivity index (χ4v) is 4.87. The van der Waals surface area contributed by atoms with Crippen LogP contribution >= 0.6 is 0 Å². The van der Waals surface area contributed by atoms with Crippen molar-refractivity contribution in [2.45, 2.75) is 37.5 Å². The second-order valence-corrected chi connectivity index (χ2v) is 8.51. The summed E-state index contributed by atoms with van der Waals surface area (Å²) in [5, 5.41) is 2.97. The molecule has 0 bridgehead atoms. The van der Waals surface area contributed by atoms with Gasteiger partial charge in [0.2, 0.25) is 11.8 Å². The summed E-state index contributed by atoms with van der Waals surface area (Å²) in [4.78, 5) is 29.9. The number of piperazine rings is 1. The lowest BCUT2D eigenvalue weighted by Gasteiger charge is -2.36. The molecule has 0 atom stereocenters. The number of hydrogen-bond donors (Lipinski definition) is 1. The van der Waals surface area contributed by atoms with E-state index in [2.05, 4.69) is 22.3 Å². The molecule has 1 saturated carbocycles.